The lowest BCUT2D eigenvalue weighted by molar-refractivity contribution is 0.0991. The molecule has 1 aromatic carbocycles. The number of primary amides is 1. The van der Waals surface area contributed by atoms with E-state index in [4.69, 9.17) is 32.5 Å². The van der Waals surface area contributed by atoms with Crippen molar-refractivity contribution in [3.8, 4) is 17.4 Å². The highest BCUT2D eigenvalue weighted by Gasteiger charge is 2.16. The predicted octanol–water partition coefficient (Wildman–Crippen LogP) is 2.93. The number of nitrogens with zero attached hydrogens (tertiary/aromatic N) is 2. The summed E-state index contributed by atoms with van der Waals surface area (Å²) in [5.74, 6) is -1.73. The Morgan fingerprint density at radius 3 is 2.42 bits per heavy atom. The second kappa shape index (κ2) is 11.8. The molecular formula is C21H22ClF2N5O4. The Bertz CT molecular complexity index is 1090. The largest absolute Gasteiger partial charge is 0.485 e. The number of aliphatic imine (C=N–C) groups is 1. The van der Waals surface area contributed by atoms with Gasteiger partial charge in [0.05, 0.1) is 5.56 Å². The van der Waals surface area contributed by atoms with E-state index in [9.17, 15) is 18.4 Å². The second-order valence-corrected chi connectivity index (χ2v) is 7.05. The fourth-order valence-electron chi connectivity index (χ4n) is 2.37. The van der Waals surface area contributed by atoms with E-state index < -0.39 is 31.3 Å². The minimum atomic E-state index is -1.38. The zero-order chi connectivity index (χ0) is 24.5. The number of halogens is 3. The third kappa shape index (κ3) is 7.42. The van der Waals surface area contributed by atoms with Gasteiger partial charge in [0, 0.05) is 30.6 Å². The molecular weight excluding hydrogens is 460 g/mol. The van der Waals surface area contributed by atoms with Crippen molar-refractivity contribution in [3.63, 3.8) is 0 Å². The van der Waals surface area contributed by atoms with E-state index >= 15 is 0 Å². The van der Waals surface area contributed by atoms with E-state index in [2.05, 4.69) is 15.3 Å². The Morgan fingerprint density at radius 2 is 1.85 bits per heavy atom. The van der Waals surface area contributed by atoms with Gasteiger partial charge in [-0.05, 0) is 31.2 Å². The van der Waals surface area contributed by atoms with Crippen molar-refractivity contribution >= 4 is 29.3 Å². The normalized spacial score (nSPS) is 11.9. The fraction of sp³-hybridized carbons (Fsp3) is 0.238. The van der Waals surface area contributed by atoms with Gasteiger partial charge in [-0.1, -0.05) is 11.6 Å². The Morgan fingerprint density at radius 1 is 1.18 bits per heavy atom. The van der Waals surface area contributed by atoms with Gasteiger partial charge < -0.3 is 26.3 Å². The number of amides is 2. The third-order valence-corrected chi connectivity index (χ3v) is 4.34. The number of hydrogen-bond donors (Lipinski definition) is 3. The van der Waals surface area contributed by atoms with Crippen LogP contribution >= 0.6 is 11.6 Å². The van der Waals surface area contributed by atoms with Gasteiger partial charge in [-0.15, -0.1) is 0 Å². The summed E-state index contributed by atoms with van der Waals surface area (Å²) < 4.78 is 36.8. The molecule has 1 aromatic heterocycles. The molecule has 0 bridgehead atoms. The number of aromatic nitrogens is 1. The lowest BCUT2D eigenvalue weighted by Crippen LogP contribution is -2.21. The van der Waals surface area contributed by atoms with Gasteiger partial charge in [0.15, 0.2) is 6.10 Å². The average Bonchev–Trinajstić information content (AvgIpc) is 2.78. The summed E-state index contributed by atoms with van der Waals surface area (Å²) in [6.07, 6.45) is 1.22. The molecule has 0 fully saturated rings. The number of nitrogens with one attached hydrogen (secondary N) is 1. The number of rotatable bonds is 10. The van der Waals surface area contributed by atoms with Crippen LogP contribution in [0.4, 0.5) is 8.78 Å². The van der Waals surface area contributed by atoms with Crippen LogP contribution < -0.4 is 26.3 Å². The standard InChI is InChI=1S/C21H22ClF2N5O4/c1-11(27-2)3-18(25)29-20(31)12-4-14(32-16(8-23)9-24)7-15(5-12)33-21-17(22)6-13(10-28-21)19(26)30/h3-7,10,16,27H,8-9H2,1-2H3,(H2,26,30)(H2,25,29,31)/b11-3-. The molecule has 0 unspecified atom stereocenters. The number of alkyl halides is 2. The van der Waals surface area contributed by atoms with Crippen LogP contribution in [0.15, 0.2) is 47.2 Å². The van der Waals surface area contributed by atoms with E-state index in [1.807, 2.05) is 0 Å². The molecule has 2 amide bonds. The van der Waals surface area contributed by atoms with Crippen LogP contribution in [0.1, 0.15) is 27.6 Å². The molecule has 2 aromatic rings. The summed E-state index contributed by atoms with van der Waals surface area (Å²) in [4.78, 5) is 31.6. The number of nitrogens with two attached hydrogens (primary N) is 2. The highest BCUT2D eigenvalue weighted by atomic mass is 35.5. The van der Waals surface area contributed by atoms with Crippen molar-refractivity contribution in [2.45, 2.75) is 13.0 Å². The lowest BCUT2D eigenvalue weighted by Gasteiger charge is -2.15. The first-order valence-electron chi connectivity index (χ1n) is 9.48. The average molecular weight is 482 g/mol. The molecule has 33 heavy (non-hydrogen) atoms. The predicted molar refractivity (Wildman–Crippen MR) is 119 cm³/mol. The van der Waals surface area contributed by atoms with Crippen molar-refractivity contribution in [1.29, 1.82) is 0 Å². The van der Waals surface area contributed by atoms with Crippen LogP contribution in [0, 0.1) is 0 Å². The molecule has 0 aliphatic heterocycles. The van der Waals surface area contributed by atoms with Crippen LogP contribution in [0.25, 0.3) is 0 Å². The summed E-state index contributed by atoms with van der Waals surface area (Å²) >= 11 is 6.08. The van der Waals surface area contributed by atoms with Crippen LogP contribution in [-0.2, 0) is 0 Å². The minimum Gasteiger partial charge on any atom is -0.485 e. The summed E-state index contributed by atoms with van der Waals surface area (Å²) in [5, 5.41) is 2.80. The molecule has 12 heteroatoms. The number of hydrogen-bond acceptors (Lipinski definition) is 6. The van der Waals surface area contributed by atoms with Crippen molar-refractivity contribution in [2.24, 2.45) is 16.5 Å². The van der Waals surface area contributed by atoms with E-state index in [0.717, 1.165) is 6.20 Å². The van der Waals surface area contributed by atoms with E-state index in [1.165, 1.54) is 30.3 Å². The smallest absolute Gasteiger partial charge is 0.279 e. The summed E-state index contributed by atoms with van der Waals surface area (Å²) in [5.41, 5.74) is 11.6. The Labute approximate surface area is 193 Å². The number of pyridine rings is 1. The van der Waals surface area contributed by atoms with Gasteiger partial charge >= 0.3 is 0 Å². The fourth-order valence-corrected chi connectivity index (χ4v) is 2.58. The molecule has 2 rings (SSSR count). The van der Waals surface area contributed by atoms with Crippen molar-refractivity contribution in [1.82, 2.24) is 10.3 Å². The topological polar surface area (TPSA) is 142 Å². The van der Waals surface area contributed by atoms with Crippen molar-refractivity contribution < 1.29 is 27.8 Å². The van der Waals surface area contributed by atoms with Crippen molar-refractivity contribution in [3.05, 3.63) is 58.4 Å². The molecule has 0 aliphatic carbocycles. The van der Waals surface area contributed by atoms with Gasteiger partial charge in [-0.3, -0.25) is 9.59 Å². The van der Waals surface area contributed by atoms with E-state index in [0.29, 0.717) is 5.70 Å². The monoisotopic (exact) mass is 481 g/mol. The number of benzene rings is 1. The second-order valence-electron chi connectivity index (χ2n) is 6.64. The zero-order valence-electron chi connectivity index (χ0n) is 17.8. The molecule has 0 spiro atoms. The SMILES string of the molecule is CN/C(C)=C\C(N)=NC(=O)c1cc(Oc2ncc(C(N)=O)cc2Cl)cc(OC(CF)CF)c1. The molecule has 0 saturated carbocycles. The molecule has 5 N–H and O–H groups in total. The molecule has 176 valence electrons. The first-order valence-corrected chi connectivity index (χ1v) is 9.86. The number of allylic oxidation sites excluding steroid dienone is 1. The van der Waals surface area contributed by atoms with Crippen LogP contribution in [0.5, 0.6) is 17.4 Å². The maximum atomic E-state index is 13.0. The summed E-state index contributed by atoms with van der Waals surface area (Å²) in [6, 6.07) is 5.07. The maximum Gasteiger partial charge on any atom is 0.279 e. The van der Waals surface area contributed by atoms with Gasteiger partial charge in [0.1, 0.15) is 35.7 Å². The highest BCUT2D eigenvalue weighted by Crippen LogP contribution is 2.31. The Balaban J connectivity index is 2.44. The van der Waals surface area contributed by atoms with Gasteiger partial charge in [0.25, 0.3) is 5.91 Å². The van der Waals surface area contributed by atoms with Gasteiger partial charge in [0.2, 0.25) is 11.8 Å². The number of carbonyl (C=O) groups excluding carboxylic acids is 2. The molecule has 0 atom stereocenters. The van der Waals surface area contributed by atoms with E-state index in [-0.39, 0.29) is 39.4 Å². The molecule has 0 aliphatic rings. The highest BCUT2D eigenvalue weighted by molar-refractivity contribution is 6.32. The molecule has 1 heterocycles. The zero-order valence-corrected chi connectivity index (χ0v) is 18.5. The Hall–Kier alpha value is -3.73. The van der Waals surface area contributed by atoms with Crippen LogP contribution in [0.2, 0.25) is 5.02 Å². The molecule has 9 nitrogen and oxygen atoms in total. The molecule has 0 radical (unpaired) electrons. The first kappa shape index (κ1) is 25.5. The summed E-state index contributed by atoms with van der Waals surface area (Å²) in [6.45, 7) is -0.459. The lowest BCUT2D eigenvalue weighted by atomic mass is 10.2. The van der Waals surface area contributed by atoms with Crippen LogP contribution in [-0.4, -0.2) is 49.1 Å². The number of ether oxygens (including phenoxy) is 2. The summed E-state index contributed by atoms with van der Waals surface area (Å²) in [7, 11) is 1.67. The first-order chi connectivity index (χ1) is 15.7. The van der Waals surface area contributed by atoms with E-state index in [1.54, 1.807) is 14.0 Å². The maximum absolute atomic E-state index is 13.0. The quantitative estimate of drug-likeness (QED) is 0.350. The Kier molecular flexibility index (Phi) is 9.10. The van der Waals surface area contributed by atoms with Crippen molar-refractivity contribution in [2.75, 3.05) is 20.4 Å². The minimum absolute atomic E-state index is 0.00394. The van der Waals surface area contributed by atoms with Gasteiger partial charge in [-0.2, -0.15) is 4.99 Å². The van der Waals surface area contributed by atoms with Crippen LogP contribution in [0.3, 0.4) is 0 Å². The van der Waals surface area contributed by atoms with Gasteiger partial charge in [-0.25, -0.2) is 13.8 Å². The number of carbonyl (C=O) groups is 2. The third-order valence-electron chi connectivity index (χ3n) is 4.07. The molecule has 0 saturated heterocycles. The number of amidine groups is 1.